The Morgan fingerprint density at radius 1 is 1.06 bits per heavy atom. The molecule has 12 heteroatoms. The summed E-state index contributed by atoms with van der Waals surface area (Å²) in [7, 11) is 1.52. The molecular formula is C20H21F3N6O2S. The van der Waals surface area contributed by atoms with Gasteiger partial charge in [-0.2, -0.15) is 13.2 Å². The molecule has 0 unspecified atom stereocenters. The second kappa shape index (κ2) is 8.69. The number of rotatable bonds is 5. The van der Waals surface area contributed by atoms with Gasteiger partial charge in [-0.25, -0.2) is 4.68 Å². The molecule has 0 radical (unpaired) electrons. The monoisotopic (exact) mass is 466 g/mol. The Hall–Kier alpha value is -3.28. The fraction of sp³-hybridized carbons (Fsp3) is 0.350. The number of aromatic nitrogens is 4. The molecule has 32 heavy (non-hydrogen) atoms. The van der Waals surface area contributed by atoms with E-state index >= 15 is 0 Å². The van der Waals surface area contributed by atoms with Gasteiger partial charge in [0.05, 0.1) is 16.9 Å². The zero-order valence-corrected chi connectivity index (χ0v) is 18.7. The number of hydrogen-bond donors (Lipinski definition) is 0. The average molecular weight is 466 g/mol. The largest absolute Gasteiger partial charge is 0.416 e. The molecule has 170 valence electrons. The molecule has 0 atom stereocenters. The molecule has 0 amide bonds. The summed E-state index contributed by atoms with van der Waals surface area (Å²) >= 11 is 5.28. The van der Waals surface area contributed by atoms with Crippen LogP contribution in [0.2, 0.25) is 0 Å². The summed E-state index contributed by atoms with van der Waals surface area (Å²) in [6, 6.07) is 4.42. The van der Waals surface area contributed by atoms with E-state index in [-0.39, 0.29) is 17.1 Å². The van der Waals surface area contributed by atoms with E-state index in [0.29, 0.717) is 23.6 Å². The van der Waals surface area contributed by atoms with Crippen molar-refractivity contribution in [1.29, 1.82) is 0 Å². The van der Waals surface area contributed by atoms with E-state index in [1.54, 1.807) is 18.4 Å². The lowest BCUT2D eigenvalue weighted by molar-refractivity contribution is -0.137. The van der Waals surface area contributed by atoms with Crippen LogP contribution in [0.3, 0.4) is 0 Å². The zero-order valence-electron chi connectivity index (χ0n) is 17.8. The van der Waals surface area contributed by atoms with Crippen LogP contribution in [0.1, 0.15) is 25.1 Å². The van der Waals surface area contributed by atoms with E-state index in [9.17, 15) is 22.8 Å². The first kappa shape index (κ1) is 23.4. The molecule has 3 rings (SSSR count). The molecule has 8 nitrogen and oxygen atoms in total. The SMILES string of the molecule is CCn1cc(N=Nc2c(C)n(C)n(-c3cccc(C(F)(F)F)c3)c2=O)c(=O)n(CC)c1=S. The smallest absolute Gasteiger partial charge is 0.323 e. The molecule has 0 aliphatic carbocycles. The molecule has 0 saturated heterocycles. The average Bonchev–Trinajstić information content (AvgIpc) is 2.95. The fourth-order valence-electron chi connectivity index (χ4n) is 3.23. The third kappa shape index (κ3) is 4.09. The molecule has 0 N–H and O–H groups in total. The third-order valence-corrected chi connectivity index (χ3v) is 5.53. The van der Waals surface area contributed by atoms with Gasteiger partial charge in [0.2, 0.25) is 0 Å². The molecule has 0 aliphatic heterocycles. The number of alkyl halides is 3. The summed E-state index contributed by atoms with van der Waals surface area (Å²) in [6.45, 7) is 6.06. The Bertz CT molecular complexity index is 1380. The van der Waals surface area contributed by atoms with Gasteiger partial charge in [0.15, 0.2) is 16.1 Å². The Labute approximate surface area is 185 Å². The lowest BCUT2D eigenvalue weighted by atomic mass is 10.2. The van der Waals surface area contributed by atoms with Crippen LogP contribution in [0.15, 0.2) is 50.3 Å². The van der Waals surface area contributed by atoms with Gasteiger partial charge in [-0.05, 0) is 51.2 Å². The molecule has 0 bridgehead atoms. The van der Waals surface area contributed by atoms with Gasteiger partial charge >= 0.3 is 6.18 Å². The van der Waals surface area contributed by atoms with Gasteiger partial charge < -0.3 is 4.57 Å². The highest BCUT2D eigenvalue weighted by Crippen LogP contribution is 2.30. The minimum Gasteiger partial charge on any atom is -0.323 e. The highest BCUT2D eigenvalue weighted by atomic mass is 32.1. The maximum absolute atomic E-state index is 13.1. The second-order valence-electron chi connectivity index (χ2n) is 6.96. The lowest BCUT2D eigenvalue weighted by Crippen LogP contribution is -2.23. The van der Waals surface area contributed by atoms with E-state index < -0.39 is 22.9 Å². The van der Waals surface area contributed by atoms with Crippen molar-refractivity contribution >= 4 is 23.6 Å². The van der Waals surface area contributed by atoms with E-state index in [1.807, 2.05) is 6.92 Å². The topological polar surface area (TPSA) is 78.6 Å². The maximum Gasteiger partial charge on any atom is 0.416 e. The Morgan fingerprint density at radius 2 is 1.75 bits per heavy atom. The molecule has 1 aromatic carbocycles. The molecule has 3 aromatic rings. The highest BCUT2D eigenvalue weighted by Gasteiger charge is 2.31. The van der Waals surface area contributed by atoms with Crippen LogP contribution in [-0.4, -0.2) is 18.5 Å². The summed E-state index contributed by atoms with van der Waals surface area (Å²) in [5, 5.41) is 7.96. The molecule has 0 fully saturated rings. The van der Waals surface area contributed by atoms with Crippen molar-refractivity contribution in [3.8, 4) is 5.69 Å². The summed E-state index contributed by atoms with van der Waals surface area (Å²) in [5.41, 5.74) is -1.67. The van der Waals surface area contributed by atoms with Crippen molar-refractivity contribution in [3.05, 3.63) is 67.2 Å². The highest BCUT2D eigenvalue weighted by molar-refractivity contribution is 7.71. The van der Waals surface area contributed by atoms with Gasteiger partial charge in [-0.1, -0.05) is 6.07 Å². The van der Waals surface area contributed by atoms with Crippen molar-refractivity contribution in [2.45, 2.75) is 40.0 Å². The molecule has 2 heterocycles. The van der Waals surface area contributed by atoms with Crippen LogP contribution in [0.25, 0.3) is 5.69 Å². The minimum atomic E-state index is -4.55. The van der Waals surface area contributed by atoms with Crippen LogP contribution in [-0.2, 0) is 26.3 Å². The standard InChI is InChI=1S/C20H21F3N6O2S/c1-5-27-11-15(17(30)28(6-2)19(27)32)24-25-16-12(3)26(4)29(18(16)31)14-9-7-8-13(10-14)20(21,22)23/h7-11H,5-6H2,1-4H3. The minimum absolute atomic E-state index is 0.00410. The van der Waals surface area contributed by atoms with Crippen molar-refractivity contribution < 1.29 is 13.2 Å². The first-order valence-corrected chi connectivity index (χ1v) is 10.1. The van der Waals surface area contributed by atoms with Crippen molar-refractivity contribution in [3.63, 3.8) is 0 Å². The van der Waals surface area contributed by atoms with Gasteiger partial charge in [0.1, 0.15) is 0 Å². The van der Waals surface area contributed by atoms with Gasteiger partial charge in [0, 0.05) is 26.3 Å². The first-order chi connectivity index (χ1) is 15.0. The fourth-order valence-corrected chi connectivity index (χ4v) is 3.62. The van der Waals surface area contributed by atoms with Crippen LogP contribution < -0.4 is 11.1 Å². The van der Waals surface area contributed by atoms with Crippen LogP contribution in [0.5, 0.6) is 0 Å². The molecule has 0 spiro atoms. The van der Waals surface area contributed by atoms with Gasteiger partial charge in [-0.15, -0.1) is 10.2 Å². The number of halogens is 3. The lowest BCUT2D eigenvalue weighted by Gasteiger charge is -2.11. The Morgan fingerprint density at radius 3 is 2.34 bits per heavy atom. The summed E-state index contributed by atoms with van der Waals surface area (Å²) in [6.07, 6.45) is -3.09. The quantitative estimate of drug-likeness (QED) is 0.406. The third-order valence-electron chi connectivity index (χ3n) is 5.07. The van der Waals surface area contributed by atoms with E-state index in [4.69, 9.17) is 12.2 Å². The van der Waals surface area contributed by atoms with E-state index in [0.717, 1.165) is 16.8 Å². The van der Waals surface area contributed by atoms with Crippen LogP contribution in [0.4, 0.5) is 24.5 Å². The van der Waals surface area contributed by atoms with Crippen LogP contribution in [0, 0.1) is 11.7 Å². The normalized spacial score (nSPS) is 12.1. The number of benzene rings is 1. The molecule has 2 aromatic heterocycles. The number of aryl methyl sites for hydroxylation is 1. The van der Waals surface area contributed by atoms with Crippen LogP contribution >= 0.6 is 12.2 Å². The summed E-state index contributed by atoms with van der Waals surface area (Å²) < 4.78 is 45.1. The van der Waals surface area contributed by atoms with Crippen molar-refractivity contribution in [2.24, 2.45) is 17.3 Å². The number of hydrogen-bond acceptors (Lipinski definition) is 5. The van der Waals surface area contributed by atoms with E-state index in [2.05, 4.69) is 10.2 Å². The summed E-state index contributed by atoms with van der Waals surface area (Å²) in [4.78, 5) is 25.6. The van der Waals surface area contributed by atoms with Gasteiger partial charge in [-0.3, -0.25) is 18.8 Å². The Balaban J connectivity index is 2.14. The number of azo groups is 1. The zero-order chi connectivity index (χ0) is 23.8. The van der Waals surface area contributed by atoms with Gasteiger partial charge in [0.25, 0.3) is 11.1 Å². The first-order valence-electron chi connectivity index (χ1n) is 9.73. The predicted molar refractivity (Wildman–Crippen MR) is 116 cm³/mol. The maximum atomic E-state index is 13.1. The van der Waals surface area contributed by atoms with Crippen molar-refractivity contribution in [2.75, 3.05) is 0 Å². The predicted octanol–water partition coefficient (Wildman–Crippen LogP) is 4.65. The molecule has 0 saturated carbocycles. The van der Waals surface area contributed by atoms with E-state index in [1.165, 1.54) is 34.6 Å². The molecular weight excluding hydrogens is 445 g/mol. The molecule has 0 aliphatic rings. The van der Waals surface area contributed by atoms with Crippen molar-refractivity contribution in [1.82, 2.24) is 18.5 Å². The number of nitrogens with zero attached hydrogens (tertiary/aromatic N) is 6. The Kier molecular flexibility index (Phi) is 6.35. The second-order valence-corrected chi connectivity index (χ2v) is 7.32. The summed E-state index contributed by atoms with van der Waals surface area (Å²) in [5.74, 6) is 0.